The lowest BCUT2D eigenvalue weighted by Crippen LogP contribution is -1.92. The number of phenolic OH excluding ortho intramolecular Hbond substituents is 1. The summed E-state index contributed by atoms with van der Waals surface area (Å²) in [5, 5.41) is 17.8. The van der Waals surface area contributed by atoms with Crippen LogP contribution in [-0.4, -0.2) is 16.2 Å². The third-order valence-corrected chi connectivity index (χ3v) is 2.22. The molecule has 0 unspecified atom stereocenters. The van der Waals surface area contributed by atoms with E-state index in [1.165, 1.54) is 0 Å². The van der Waals surface area contributed by atoms with Gasteiger partial charge in [0.2, 0.25) is 0 Å². The van der Waals surface area contributed by atoms with Crippen molar-refractivity contribution in [1.29, 1.82) is 0 Å². The van der Waals surface area contributed by atoms with Crippen molar-refractivity contribution in [3.63, 3.8) is 0 Å². The van der Waals surface area contributed by atoms with Crippen molar-refractivity contribution in [3.8, 4) is 5.75 Å². The number of aryl methyl sites for hydroxylation is 1. The second-order valence-electron chi connectivity index (χ2n) is 3.48. The number of benzene rings is 1. The molecule has 0 atom stereocenters. The lowest BCUT2D eigenvalue weighted by atomic mass is 10.0. The Balaban J connectivity index is 2.95. The van der Waals surface area contributed by atoms with E-state index in [0.29, 0.717) is 0 Å². The summed E-state index contributed by atoms with van der Waals surface area (Å²) in [7, 11) is 0. The van der Waals surface area contributed by atoms with Crippen LogP contribution in [0, 0.1) is 6.92 Å². The number of aromatic hydroxyl groups is 1. The number of allylic oxidation sites excluding steroid dienone is 1. The average Bonchev–Trinajstić information content (AvgIpc) is 2.14. The Morgan fingerprint density at radius 3 is 2.67 bits per heavy atom. The van der Waals surface area contributed by atoms with Gasteiger partial charge in [-0.3, -0.25) is 4.79 Å². The molecule has 3 nitrogen and oxygen atoms in total. The highest BCUT2D eigenvalue weighted by Crippen LogP contribution is 2.22. The molecule has 0 radical (unpaired) electrons. The average molecular weight is 206 g/mol. The minimum Gasteiger partial charge on any atom is -0.508 e. The zero-order chi connectivity index (χ0) is 11.4. The first kappa shape index (κ1) is 11.3. The van der Waals surface area contributed by atoms with E-state index in [0.717, 1.165) is 16.7 Å². The van der Waals surface area contributed by atoms with Gasteiger partial charge in [0.05, 0.1) is 6.42 Å². The number of carbonyl (C=O) groups is 1. The molecule has 0 saturated carbocycles. The van der Waals surface area contributed by atoms with Crippen LogP contribution in [0.4, 0.5) is 0 Å². The highest BCUT2D eigenvalue weighted by atomic mass is 16.4. The molecule has 0 bridgehead atoms. The van der Waals surface area contributed by atoms with Crippen molar-refractivity contribution in [2.45, 2.75) is 20.3 Å². The summed E-state index contributed by atoms with van der Waals surface area (Å²) in [6.07, 6.45) is 1.69. The van der Waals surface area contributed by atoms with Crippen molar-refractivity contribution in [3.05, 3.63) is 35.4 Å². The third-order valence-electron chi connectivity index (χ3n) is 2.22. The SMILES string of the molecule is C/C(=C\CC(=O)O)c1ccc(O)cc1C. The summed E-state index contributed by atoms with van der Waals surface area (Å²) in [5.74, 6) is -0.618. The van der Waals surface area contributed by atoms with E-state index in [9.17, 15) is 9.90 Å². The normalized spacial score (nSPS) is 11.5. The fourth-order valence-corrected chi connectivity index (χ4v) is 1.44. The van der Waals surface area contributed by atoms with Gasteiger partial charge in [0, 0.05) is 0 Å². The number of rotatable bonds is 3. The molecule has 0 spiro atoms. The lowest BCUT2D eigenvalue weighted by molar-refractivity contribution is -0.135. The topological polar surface area (TPSA) is 57.5 Å². The molecule has 0 heterocycles. The molecule has 0 fully saturated rings. The third kappa shape index (κ3) is 3.13. The number of hydrogen-bond acceptors (Lipinski definition) is 2. The van der Waals surface area contributed by atoms with Crippen LogP contribution in [0.1, 0.15) is 24.5 Å². The van der Waals surface area contributed by atoms with Crippen molar-refractivity contribution in [2.75, 3.05) is 0 Å². The Morgan fingerprint density at radius 2 is 2.13 bits per heavy atom. The standard InChI is InChI=1S/C12H14O3/c1-8(3-6-12(14)15)11-5-4-10(13)7-9(11)2/h3-5,7,13H,6H2,1-2H3,(H,14,15)/b8-3+. The van der Waals surface area contributed by atoms with Gasteiger partial charge in [0.25, 0.3) is 0 Å². The van der Waals surface area contributed by atoms with E-state index in [1.54, 1.807) is 24.3 Å². The van der Waals surface area contributed by atoms with Gasteiger partial charge in [-0.2, -0.15) is 0 Å². The van der Waals surface area contributed by atoms with Gasteiger partial charge < -0.3 is 10.2 Å². The fraction of sp³-hybridized carbons (Fsp3) is 0.250. The predicted octanol–water partition coefficient (Wildman–Crippen LogP) is 2.58. The maximum absolute atomic E-state index is 10.4. The predicted molar refractivity (Wildman–Crippen MR) is 58.7 cm³/mol. The Hall–Kier alpha value is -1.77. The minimum atomic E-state index is -0.842. The molecule has 0 aliphatic rings. The summed E-state index contributed by atoms with van der Waals surface area (Å²) in [4.78, 5) is 10.4. The highest BCUT2D eigenvalue weighted by Gasteiger charge is 2.02. The number of hydrogen-bond donors (Lipinski definition) is 2. The largest absolute Gasteiger partial charge is 0.508 e. The molecule has 1 aromatic carbocycles. The van der Waals surface area contributed by atoms with Gasteiger partial charge in [-0.1, -0.05) is 12.1 Å². The molecule has 15 heavy (non-hydrogen) atoms. The van der Waals surface area contributed by atoms with Gasteiger partial charge in [-0.25, -0.2) is 0 Å². The summed E-state index contributed by atoms with van der Waals surface area (Å²) in [6.45, 7) is 3.75. The Morgan fingerprint density at radius 1 is 1.47 bits per heavy atom. The first-order valence-corrected chi connectivity index (χ1v) is 4.69. The molecular weight excluding hydrogens is 192 g/mol. The zero-order valence-electron chi connectivity index (χ0n) is 8.82. The van der Waals surface area contributed by atoms with Gasteiger partial charge in [0.15, 0.2) is 0 Å². The molecule has 0 aromatic heterocycles. The van der Waals surface area contributed by atoms with Crippen molar-refractivity contribution in [1.82, 2.24) is 0 Å². The van der Waals surface area contributed by atoms with Gasteiger partial charge in [-0.05, 0) is 42.7 Å². The van der Waals surface area contributed by atoms with Crippen LogP contribution in [0.2, 0.25) is 0 Å². The molecule has 80 valence electrons. The van der Waals surface area contributed by atoms with E-state index in [-0.39, 0.29) is 12.2 Å². The minimum absolute atomic E-state index is 0.0200. The highest BCUT2D eigenvalue weighted by molar-refractivity contribution is 5.74. The van der Waals surface area contributed by atoms with Crippen molar-refractivity contribution >= 4 is 11.5 Å². The maximum atomic E-state index is 10.4. The number of carboxylic acid groups (broad SMARTS) is 1. The van der Waals surface area contributed by atoms with Crippen LogP contribution in [0.3, 0.4) is 0 Å². The van der Waals surface area contributed by atoms with E-state index < -0.39 is 5.97 Å². The molecule has 3 heteroatoms. The molecule has 1 aromatic rings. The molecule has 0 aliphatic heterocycles. The number of carboxylic acids is 1. The van der Waals surface area contributed by atoms with E-state index in [4.69, 9.17) is 5.11 Å². The molecular formula is C12H14O3. The van der Waals surface area contributed by atoms with Crippen LogP contribution in [-0.2, 0) is 4.79 Å². The lowest BCUT2D eigenvalue weighted by Gasteiger charge is -2.06. The number of aliphatic carboxylic acids is 1. The van der Waals surface area contributed by atoms with E-state index in [2.05, 4.69) is 0 Å². The molecule has 0 aliphatic carbocycles. The second-order valence-corrected chi connectivity index (χ2v) is 3.48. The Labute approximate surface area is 88.7 Å². The Kier molecular flexibility index (Phi) is 3.50. The van der Waals surface area contributed by atoms with Gasteiger partial charge in [0.1, 0.15) is 5.75 Å². The first-order chi connectivity index (χ1) is 7.00. The van der Waals surface area contributed by atoms with Gasteiger partial charge in [-0.15, -0.1) is 0 Å². The van der Waals surface area contributed by atoms with Crippen molar-refractivity contribution < 1.29 is 15.0 Å². The molecule has 1 rings (SSSR count). The van der Waals surface area contributed by atoms with Crippen LogP contribution in [0.15, 0.2) is 24.3 Å². The maximum Gasteiger partial charge on any atom is 0.307 e. The summed E-state index contributed by atoms with van der Waals surface area (Å²) >= 11 is 0. The molecule has 0 saturated heterocycles. The first-order valence-electron chi connectivity index (χ1n) is 4.69. The van der Waals surface area contributed by atoms with Crippen LogP contribution < -0.4 is 0 Å². The monoisotopic (exact) mass is 206 g/mol. The summed E-state index contributed by atoms with van der Waals surface area (Å²) in [6, 6.07) is 5.05. The number of phenols is 1. The van der Waals surface area contributed by atoms with Crippen LogP contribution in [0.5, 0.6) is 5.75 Å². The van der Waals surface area contributed by atoms with E-state index >= 15 is 0 Å². The molecule has 2 N–H and O–H groups in total. The molecule has 0 amide bonds. The zero-order valence-corrected chi connectivity index (χ0v) is 8.82. The quantitative estimate of drug-likeness (QED) is 0.799. The smallest absolute Gasteiger partial charge is 0.307 e. The second kappa shape index (κ2) is 4.64. The van der Waals surface area contributed by atoms with Crippen LogP contribution >= 0.6 is 0 Å². The van der Waals surface area contributed by atoms with Gasteiger partial charge >= 0.3 is 5.97 Å². The Bertz CT molecular complexity index is 405. The summed E-state index contributed by atoms with van der Waals surface area (Å²) < 4.78 is 0. The van der Waals surface area contributed by atoms with Crippen LogP contribution in [0.25, 0.3) is 5.57 Å². The summed E-state index contributed by atoms with van der Waals surface area (Å²) in [5.41, 5.74) is 2.82. The van der Waals surface area contributed by atoms with Crippen molar-refractivity contribution in [2.24, 2.45) is 0 Å². The fourth-order valence-electron chi connectivity index (χ4n) is 1.44. The van der Waals surface area contributed by atoms with E-state index in [1.807, 2.05) is 13.8 Å².